The van der Waals surface area contributed by atoms with Gasteiger partial charge in [-0.25, -0.2) is 0 Å². The van der Waals surface area contributed by atoms with Gasteiger partial charge in [-0.2, -0.15) is 0 Å². The summed E-state index contributed by atoms with van der Waals surface area (Å²) in [4.78, 5) is 0. The SMILES string of the molecule is CCCCC[C@@H](O)[C@H](C)N. The summed E-state index contributed by atoms with van der Waals surface area (Å²) in [6.45, 7) is 3.99. The van der Waals surface area contributed by atoms with Gasteiger partial charge in [0.25, 0.3) is 0 Å². The Kier molecular flexibility index (Phi) is 5.64. The van der Waals surface area contributed by atoms with E-state index in [1.165, 1.54) is 12.8 Å². The molecule has 0 aliphatic carbocycles. The molecule has 0 saturated heterocycles. The maximum atomic E-state index is 9.23. The quantitative estimate of drug-likeness (QED) is 0.572. The molecule has 0 radical (unpaired) electrons. The molecule has 2 heteroatoms. The first-order valence-electron chi connectivity index (χ1n) is 4.12. The average Bonchev–Trinajstić information content (AvgIpc) is 1.88. The third kappa shape index (κ3) is 4.77. The highest BCUT2D eigenvalue weighted by molar-refractivity contribution is 4.65. The normalized spacial score (nSPS) is 16.8. The molecule has 0 aromatic rings. The molecule has 10 heavy (non-hydrogen) atoms. The molecule has 62 valence electrons. The Bertz CT molecular complexity index is 73.7. The highest BCUT2D eigenvalue weighted by atomic mass is 16.3. The minimum absolute atomic E-state index is 0.0724. The molecular formula is C8H19NO. The highest BCUT2D eigenvalue weighted by Gasteiger charge is 2.07. The molecule has 2 atom stereocenters. The van der Waals surface area contributed by atoms with E-state index >= 15 is 0 Å². The van der Waals surface area contributed by atoms with Crippen LogP contribution in [-0.2, 0) is 0 Å². The zero-order valence-corrected chi connectivity index (χ0v) is 7.01. The lowest BCUT2D eigenvalue weighted by molar-refractivity contribution is 0.138. The molecule has 0 aromatic heterocycles. The molecule has 0 unspecified atom stereocenters. The molecule has 0 heterocycles. The molecule has 0 spiro atoms. The van der Waals surface area contributed by atoms with Crippen molar-refractivity contribution < 1.29 is 5.11 Å². The number of aliphatic hydroxyl groups is 1. The predicted octanol–water partition coefficient (Wildman–Crippen LogP) is 1.27. The van der Waals surface area contributed by atoms with Gasteiger partial charge in [-0.1, -0.05) is 26.2 Å². The summed E-state index contributed by atoms with van der Waals surface area (Å²) in [5.74, 6) is 0. The summed E-state index contributed by atoms with van der Waals surface area (Å²) >= 11 is 0. The summed E-state index contributed by atoms with van der Waals surface area (Å²) in [5.41, 5.74) is 5.47. The fourth-order valence-electron chi connectivity index (χ4n) is 0.866. The Labute approximate surface area is 63.4 Å². The van der Waals surface area contributed by atoms with Crippen molar-refractivity contribution in [3.63, 3.8) is 0 Å². The van der Waals surface area contributed by atoms with Crippen LogP contribution in [0, 0.1) is 0 Å². The van der Waals surface area contributed by atoms with Crippen LogP contribution in [0.5, 0.6) is 0 Å². The monoisotopic (exact) mass is 145 g/mol. The fraction of sp³-hybridized carbons (Fsp3) is 1.00. The number of hydrogen-bond donors (Lipinski definition) is 2. The van der Waals surface area contributed by atoms with Crippen LogP contribution in [0.4, 0.5) is 0 Å². The van der Waals surface area contributed by atoms with Crippen molar-refractivity contribution in [1.82, 2.24) is 0 Å². The number of unbranched alkanes of at least 4 members (excludes halogenated alkanes) is 2. The second-order valence-electron chi connectivity index (χ2n) is 2.92. The van der Waals surface area contributed by atoms with Gasteiger partial charge in [0.2, 0.25) is 0 Å². The van der Waals surface area contributed by atoms with E-state index in [0.29, 0.717) is 0 Å². The first-order chi connectivity index (χ1) is 4.68. The van der Waals surface area contributed by atoms with E-state index in [1.807, 2.05) is 6.92 Å². The first-order valence-corrected chi connectivity index (χ1v) is 4.12. The third-order valence-corrected chi connectivity index (χ3v) is 1.71. The number of nitrogens with two attached hydrogens (primary N) is 1. The van der Waals surface area contributed by atoms with Crippen LogP contribution in [0.25, 0.3) is 0 Å². The smallest absolute Gasteiger partial charge is 0.0688 e. The van der Waals surface area contributed by atoms with Crippen molar-refractivity contribution in [2.75, 3.05) is 0 Å². The van der Waals surface area contributed by atoms with Crippen molar-refractivity contribution in [3.05, 3.63) is 0 Å². The van der Waals surface area contributed by atoms with Crippen LogP contribution in [0.15, 0.2) is 0 Å². The molecule has 2 nitrogen and oxygen atoms in total. The van der Waals surface area contributed by atoms with E-state index < -0.39 is 0 Å². The minimum atomic E-state index is -0.299. The van der Waals surface area contributed by atoms with Gasteiger partial charge in [0, 0.05) is 6.04 Å². The van der Waals surface area contributed by atoms with Crippen LogP contribution in [-0.4, -0.2) is 17.3 Å². The molecule has 0 bridgehead atoms. The third-order valence-electron chi connectivity index (χ3n) is 1.71. The average molecular weight is 145 g/mol. The molecule has 0 fully saturated rings. The minimum Gasteiger partial charge on any atom is -0.392 e. The zero-order valence-electron chi connectivity index (χ0n) is 7.01. The second-order valence-corrected chi connectivity index (χ2v) is 2.92. The van der Waals surface area contributed by atoms with Gasteiger partial charge in [0.05, 0.1) is 6.10 Å². The summed E-state index contributed by atoms with van der Waals surface area (Å²) in [6.07, 6.45) is 4.05. The van der Waals surface area contributed by atoms with Crippen molar-refractivity contribution in [2.45, 2.75) is 51.7 Å². The van der Waals surface area contributed by atoms with Crippen LogP contribution in [0.1, 0.15) is 39.5 Å². The van der Waals surface area contributed by atoms with Crippen LogP contribution < -0.4 is 5.73 Å². The number of aliphatic hydroxyl groups excluding tert-OH is 1. The van der Waals surface area contributed by atoms with Crippen molar-refractivity contribution in [1.29, 1.82) is 0 Å². The van der Waals surface area contributed by atoms with Gasteiger partial charge in [-0.15, -0.1) is 0 Å². The lowest BCUT2D eigenvalue weighted by Gasteiger charge is -2.13. The molecule has 0 aliphatic heterocycles. The van der Waals surface area contributed by atoms with Crippen LogP contribution >= 0.6 is 0 Å². The highest BCUT2D eigenvalue weighted by Crippen LogP contribution is 2.04. The zero-order chi connectivity index (χ0) is 7.98. The lowest BCUT2D eigenvalue weighted by Crippen LogP contribution is -2.31. The molecule has 3 N–H and O–H groups in total. The first kappa shape index (κ1) is 9.92. The van der Waals surface area contributed by atoms with Gasteiger partial charge in [-0.05, 0) is 13.3 Å². The Morgan fingerprint density at radius 3 is 2.40 bits per heavy atom. The fourth-order valence-corrected chi connectivity index (χ4v) is 0.866. The number of hydrogen-bond acceptors (Lipinski definition) is 2. The van der Waals surface area contributed by atoms with Crippen molar-refractivity contribution >= 4 is 0 Å². The van der Waals surface area contributed by atoms with Crippen molar-refractivity contribution in [2.24, 2.45) is 5.73 Å². The Morgan fingerprint density at radius 1 is 1.40 bits per heavy atom. The molecule has 0 rings (SSSR count). The Hall–Kier alpha value is -0.0800. The Morgan fingerprint density at radius 2 is 2.00 bits per heavy atom. The van der Waals surface area contributed by atoms with E-state index in [0.717, 1.165) is 12.8 Å². The summed E-state index contributed by atoms with van der Waals surface area (Å²) in [6, 6.07) is -0.0724. The van der Waals surface area contributed by atoms with E-state index in [2.05, 4.69) is 6.92 Å². The molecular weight excluding hydrogens is 126 g/mol. The summed E-state index contributed by atoms with van der Waals surface area (Å²) in [5, 5.41) is 9.23. The summed E-state index contributed by atoms with van der Waals surface area (Å²) in [7, 11) is 0. The number of rotatable bonds is 5. The van der Waals surface area contributed by atoms with E-state index in [1.54, 1.807) is 0 Å². The van der Waals surface area contributed by atoms with Crippen LogP contribution in [0.2, 0.25) is 0 Å². The lowest BCUT2D eigenvalue weighted by atomic mass is 10.1. The molecule has 0 amide bonds. The van der Waals surface area contributed by atoms with E-state index in [9.17, 15) is 5.11 Å². The van der Waals surface area contributed by atoms with E-state index in [-0.39, 0.29) is 12.1 Å². The maximum Gasteiger partial charge on any atom is 0.0688 e. The molecule has 0 saturated carbocycles. The largest absolute Gasteiger partial charge is 0.392 e. The van der Waals surface area contributed by atoms with Gasteiger partial charge in [0.15, 0.2) is 0 Å². The summed E-state index contributed by atoms with van der Waals surface area (Å²) < 4.78 is 0. The predicted molar refractivity (Wildman–Crippen MR) is 43.8 cm³/mol. The van der Waals surface area contributed by atoms with Gasteiger partial charge >= 0.3 is 0 Å². The molecule has 0 aromatic carbocycles. The second kappa shape index (κ2) is 5.69. The van der Waals surface area contributed by atoms with Crippen LogP contribution in [0.3, 0.4) is 0 Å². The maximum absolute atomic E-state index is 9.23. The topological polar surface area (TPSA) is 46.2 Å². The van der Waals surface area contributed by atoms with Crippen molar-refractivity contribution in [3.8, 4) is 0 Å². The van der Waals surface area contributed by atoms with Gasteiger partial charge in [-0.3, -0.25) is 0 Å². The standard InChI is InChI=1S/C8H19NO/c1-3-4-5-6-8(10)7(2)9/h7-8,10H,3-6,9H2,1-2H3/t7-,8+/m0/s1. The van der Waals surface area contributed by atoms with Gasteiger partial charge < -0.3 is 10.8 Å². The van der Waals surface area contributed by atoms with E-state index in [4.69, 9.17) is 5.73 Å². The van der Waals surface area contributed by atoms with Gasteiger partial charge in [0.1, 0.15) is 0 Å². The Balaban J connectivity index is 3.13. The molecule has 0 aliphatic rings.